The molecule has 0 radical (unpaired) electrons. The number of nitrogens with one attached hydrogen (secondary N) is 1. The lowest BCUT2D eigenvalue weighted by molar-refractivity contribution is -0.124. The van der Waals surface area contributed by atoms with Gasteiger partial charge in [0.05, 0.1) is 18.7 Å². The average molecular weight is 604 g/mol. The number of amides is 2. The van der Waals surface area contributed by atoms with Crippen LogP contribution in [-0.2, 0) is 16.1 Å². The van der Waals surface area contributed by atoms with Crippen molar-refractivity contribution in [3.05, 3.63) is 90.2 Å². The first kappa shape index (κ1) is 30.6. The van der Waals surface area contributed by atoms with Gasteiger partial charge in [-0.15, -0.1) is 0 Å². The molecule has 3 aromatic rings. The molecule has 2 fully saturated rings. The number of halogens is 1. The first-order chi connectivity index (χ1) is 20.9. The van der Waals surface area contributed by atoms with Gasteiger partial charge in [0, 0.05) is 45.0 Å². The highest BCUT2D eigenvalue weighted by molar-refractivity contribution is 7.80. The Morgan fingerprint density at radius 3 is 2.28 bits per heavy atom. The van der Waals surface area contributed by atoms with Gasteiger partial charge in [-0.2, -0.15) is 0 Å². The third-order valence-corrected chi connectivity index (χ3v) is 8.24. The van der Waals surface area contributed by atoms with Crippen molar-refractivity contribution in [3.63, 3.8) is 0 Å². The molecule has 43 heavy (non-hydrogen) atoms. The normalized spacial score (nSPS) is 17.9. The van der Waals surface area contributed by atoms with Crippen LogP contribution in [0.5, 0.6) is 5.75 Å². The van der Waals surface area contributed by atoms with E-state index in [2.05, 4.69) is 39.4 Å². The summed E-state index contributed by atoms with van der Waals surface area (Å²) < 4.78 is 18.9. The molecule has 0 aliphatic carbocycles. The Balaban J connectivity index is 1.21. The van der Waals surface area contributed by atoms with Crippen LogP contribution in [0.25, 0.3) is 0 Å². The highest BCUT2D eigenvalue weighted by atomic mass is 32.1. The second kappa shape index (κ2) is 14.5. The van der Waals surface area contributed by atoms with Crippen molar-refractivity contribution in [3.8, 4) is 5.75 Å². The number of hydrogen-bond donors (Lipinski definition) is 1. The number of carbonyl (C=O) groups is 2. The minimum atomic E-state index is -0.734. The minimum Gasteiger partial charge on any atom is -0.494 e. The van der Waals surface area contributed by atoms with Crippen LogP contribution in [0.4, 0.5) is 15.8 Å². The molecule has 1 N–H and O–H groups in total. The van der Waals surface area contributed by atoms with Gasteiger partial charge in [-0.05, 0) is 86.2 Å². The van der Waals surface area contributed by atoms with E-state index in [0.29, 0.717) is 35.4 Å². The maximum atomic E-state index is 13.7. The Morgan fingerprint density at radius 2 is 1.60 bits per heavy atom. The summed E-state index contributed by atoms with van der Waals surface area (Å²) in [4.78, 5) is 35.1. The number of rotatable bonds is 12. The van der Waals surface area contributed by atoms with E-state index < -0.39 is 6.04 Å². The lowest BCUT2D eigenvalue weighted by Gasteiger charge is -2.35. The van der Waals surface area contributed by atoms with Crippen LogP contribution in [0.3, 0.4) is 0 Å². The van der Waals surface area contributed by atoms with Crippen LogP contribution in [0.2, 0.25) is 0 Å². The van der Waals surface area contributed by atoms with Crippen LogP contribution in [-0.4, -0.2) is 83.5 Å². The Morgan fingerprint density at radius 1 is 0.930 bits per heavy atom. The summed E-state index contributed by atoms with van der Waals surface area (Å²) in [5.41, 5.74) is 2.44. The molecule has 8 nitrogen and oxygen atoms in total. The van der Waals surface area contributed by atoms with Crippen molar-refractivity contribution >= 4 is 40.5 Å². The van der Waals surface area contributed by atoms with Gasteiger partial charge in [0.25, 0.3) is 5.91 Å². The van der Waals surface area contributed by atoms with Gasteiger partial charge in [0.1, 0.15) is 17.6 Å². The monoisotopic (exact) mass is 603 g/mol. The molecule has 0 bridgehead atoms. The number of ether oxygens (including phenoxy) is 1. The molecule has 3 aromatic carbocycles. The molecule has 2 aliphatic rings. The van der Waals surface area contributed by atoms with Crippen molar-refractivity contribution in [2.75, 3.05) is 56.1 Å². The molecule has 0 spiro atoms. The average Bonchev–Trinajstić information content (AvgIpc) is 3.24. The van der Waals surface area contributed by atoms with Gasteiger partial charge in [0.15, 0.2) is 5.11 Å². The fourth-order valence-electron chi connectivity index (χ4n) is 5.58. The zero-order valence-electron chi connectivity index (χ0n) is 24.5. The van der Waals surface area contributed by atoms with E-state index in [9.17, 15) is 14.0 Å². The van der Waals surface area contributed by atoms with Crippen LogP contribution in [0, 0.1) is 5.82 Å². The molecule has 2 saturated heterocycles. The van der Waals surface area contributed by atoms with Gasteiger partial charge in [-0.25, -0.2) is 4.39 Å². The molecule has 0 aromatic heterocycles. The maximum absolute atomic E-state index is 13.7. The largest absolute Gasteiger partial charge is 0.494 e. The summed E-state index contributed by atoms with van der Waals surface area (Å²) >= 11 is 5.83. The fraction of sp³-hybridized carbons (Fsp3) is 0.364. The third kappa shape index (κ3) is 7.95. The zero-order valence-corrected chi connectivity index (χ0v) is 25.3. The molecule has 2 amide bonds. The summed E-state index contributed by atoms with van der Waals surface area (Å²) in [5.74, 6) is -0.248. The Bertz CT molecular complexity index is 1380. The third-order valence-electron chi connectivity index (χ3n) is 7.82. The molecule has 5 rings (SSSR count). The van der Waals surface area contributed by atoms with E-state index in [1.165, 1.54) is 34.7 Å². The van der Waals surface area contributed by atoms with Crippen molar-refractivity contribution in [2.24, 2.45) is 0 Å². The van der Waals surface area contributed by atoms with Crippen LogP contribution >= 0.6 is 12.2 Å². The first-order valence-electron chi connectivity index (χ1n) is 14.8. The van der Waals surface area contributed by atoms with Gasteiger partial charge in [0.2, 0.25) is 5.91 Å². The molecular weight excluding hydrogens is 565 g/mol. The zero-order chi connectivity index (χ0) is 30.2. The van der Waals surface area contributed by atoms with Crippen molar-refractivity contribution < 1.29 is 18.7 Å². The number of nitrogens with zero attached hydrogens (tertiary/aromatic N) is 4. The lowest BCUT2D eigenvalue weighted by Crippen LogP contribution is -2.47. The summed E-state index contributed by atoms with van der Waals surface area (Å²) in [6.07, 6.45) is 0.737. The number of hydrogen-bond acceptors (Lipinski definition) is 6. The first-order valence-corrected chi connectivity index (χ1v) is 15.2. The lowest BCUT2D eigenvalue weighted by atomic mass is 10.1. The highest BCUT2D eigenvalue weighted by Crippen LogP contribution is 2.29. The molecule has 0 saturated carbocycles. The van der Waals surface area contributed by atoms with E-state index in [-0.39, 0.29) is 24.1 Å². The summed E-state index contributed by atoms with van der Waals surface area (Å²) in [6.45, 7) is 8.83. The predicted octanol–water partition coefficient (Wildman–Crippen LogP) is 4.76. The molecule has 10 heteroatoms. The Hall–Kier alpha value is -3.86. The minimum absolute atomic E-state index is 0.0674. The molecular formula is C33H38FN5O3S. The molecule has 0 unspecified atom stereocenters. The Kier molecular flexibility index (Phi) is 10.3. The molecule has 226 valence electrons. The van der Waals surface area contributed by atoms with E-state index in [0.717, 1.165) is 45.7 Å². The number of piperazine rings is 1. The summed E-state index contributed by atoms with van der Waals surface area (Å²) in [6, 6.07) is 22.6. The van der Waals surface area contributed by atoms with E-state index in [1.54, 1.807) is 0 Å². The maximum Gasteiger partial charge on any atom is 0.256 e. The number of thiocarbonyl (C=S) groups is 1. The SMILES string of the molecule is CCOc1ccc(N2C(=O)[C@@H](CC(=O)Nc3ccc(F)cc3)N(CCCN3CCN(Cc4ccccc4)CC3)C2=S)cc1. The van der Waals surface area contributed by atoms with Gasteiger partial charge in [-0.1, -0.05) is 30.3 Å². The molecule has 2 aliphatic heterocycles. The van der Waals surface area contributed by atoms with Gasteiger partial charge < -0.3 is 19.9 Å². The van der Waals surface area contributed by atoms with Crippen molar-refractivity contribution in [1.82, 2.24) is 14.7 Å². The van der Waals surface area contributed by atoms with Gasteiger partial charge in [-0.3, -0.25) is 19.4 Å². The van der Waals surface area contributed by atoms with Crippen molar-refractivity contribution in [1.29, 1.82) is 0 Å². The van der Waals surface area contributed by atoms with Crippen LogP contribution in [0.15, 0.2) is 78.9 Å². The predicted molar refractivity (Wildman–Crippen MR) is 171 cm³/mol. The smallest absolute Gasteiger partial charge is 0.256 e. The fourth-order valence-corrected chi connectivity index (χ4v) is 6.00. The quantitative estimate of drug-likeness (QED) is 0.300. The van der Waals surface area contributed by atoms with Crippen LogP contribution < -0.4 is 15.0 Å². The molecule has 2 heterocycles. The van der Waals surface area contributed by atoms with Crippen molar-refractivity contribution in [2.45, 2.75) is 32.4 Å². The second-order valence-corrected chi connectivity index (χ2v) is 11.2. The van der Waals surface area contributed by atoms with E-state index in [4.69, 9.17) is 17.0 Å². The standard InChI is InChI=1S/C33H38FN5O3S/c1-2-42-29-15-13-28(14-16-29)39-32(41)30(23-31(40)35-27-11-9-26(34)10-12-27)38(33(39)43)18-6-17-36-19-21-37(22-20-36)24-25-7-4-3-5-8-25/h3-5,7-16,30H,2,6,17-24H2,1H3,(H,35,40)/t30-/m1/s1. The van der Waals surface area contributed by atoms with E-state index >= 15 is 0 Å². The second-order valence-electron chi connectivity index (χ2n) is 10.8. The molecule has 1 atom stereocenters. The number of carbonyl (C=O) groups excluding carboxylic acids is 2. The Labute approximate surface area is 258 Å². The highest BCUT2D eigenvalue weighted by Gasteiger charge is 2.44. The van der Waals surface area contributed by atoms with Gasteiger partial charge >= 0.3 is 0 Å². The summed E-state index contributed by atoms with van der Waals surface area (Å²) in [5, 5.41) is 3.17. The topological polar surface area (TPSA) is 68.4 Å². The number of anilines is 2. The van der Waals surface area contributed by atoms with Crippen LogP contribution in [0.1, 0.15) is 25.3 Å². The van der Waals surface area contributed by atoms with E-state index in [1.807, 2.05) is 42.2 Å². The summed E-state index contributed by atoms with van der Waals surface area (Å²) in [7, 11) is 0. The number of benzene rings is 3.